The van der Waals surface area contributed by atoms with E-state index in [-0.39, 0.29) is 37.4 Å². The van der Waals surface area contributed by atoms with Crippen molar-refractivity contribution in [1.29, 1.82) is 0 Å². The first kappa shape index (κ1) is 28.0. The molecular formula is C27H36ClN3O4S. The van der Waals surface area contributed by atoms with Gasteiger partial charge in [0.15, 0.2) is 0 Å². The molecule has 196 valence electrons. The summed E-state index contributed by atoms with van der Waals surface area (Å²) in [5.74, 6) is -0.357. The summed E-state index contributed by atoms with van der Waals surface area (Å²) in [6, 6.07) is 15.5. The molecule has 1 atom stereocenters. The molecule has 1 aliphatic carbocycles. The monoisotopic (exact) mass is 533 g/mol. The number of amides is 2. The van der Waals surface area contributed by atoms with Crippen LogP contribution in [-0.4, -0.2) is 50.0 Å². The number of rotatable bonds is 11. The molecule has 36 heavy (non-hydrogen) atoms. The van der Waals surface area contributed by atoms with Crippen LogP contribution in [0.2, 0.25) is 5.02 Å². The quantitative estimate of drug-likeness (QED) is 0.451. The van der Waals surface area contributed by atoms with Crippen molar-refractivity contribution in [3.63, 3.8) is 0 Å². The molecule has 2 aromatic rings. The van der Waals surface area contributed by atoms with Crippen molar-refractivity contribution in [2.45, 2.75) is 70.5 Å². The predicted octanol–water partition coefficient (Wildman–Crippen LogP) is 4.75. The molecule has 0 spiro atoms. The Balaban J connectivity index is 1.69. The lowest BCUT2D eigenvalue weighted by molar-refractivity contribution is -0.141. The molecule has 7 nitrogen and oxygen atoms in total. The Labute approximate surface area is 219 Å². The smallest absolute Gasteiger partial charge is 0.242 e. The van der Waals surface area contributed by atoms with Crippen molar-refractivity contribution in [1.82, 2.24) is 10.2 Å². The lowest BCUT2D eigenvalue weighted by Crippen LogP contribution is -2.50. The molecule has 1 N–H and O–H groups in total. The van der Waals surface area contributed by atoms with E-state index in [4.69, 9.17) is 11.6 Å². The van der Waals surface area contributed by atoms with E-state index in [1.54, 1.807) is 48.2 Å². The molecule has 9 heteroatoms. The fourth-order valence-electron chi connectivity index (χ4n) is 4.54. The summed E-state index contributed by atoms with van der Waals surface area (Å²) in [7, 11) is -3.50. The molecule has 0 saturated heterocycles. The second kappa shape index (κ2) is 13.1. The van der Waals surface area contributed by atoms with Gasteiger partial charge in [0, 0.05) is 30.6 Å². The summed E-state index contributed by atoms with van der Waals surface area (Å²) >= 11 is 6.02. The number of anilines is 1. The van der Waals surface area contributed by atoms with Gasteiger partial charge in [-0.15, -0.1) is 0 Å². The Bertz CT molecular complexity index is 1100. The van der Waals surface area contributed by atoms with E-state index in [1.165, 1.54) is 10.7 Å². The Morgan fingerprint density at radius 2 is 1.67 bits per heavy atom. The number of hydrogen-bond donors (Lipinski definition) is 1. The van der Waals surface area contributed by atoms with Crippen molar-refractivity contribution in [2.24, 2.45) is 0 Å². The Morgan fingerprint density at radius 1 is 1.03 bits per heavy atom. The fourth-order valence-corrected chi connectivity index (χ4v) is 5.63. The molecule has 0 heterocycles. The first-order chi connectivity index (χ1) is 17.1. The number of nitrogens with one attached hydrogen (secondary N) is 1. The highest BCUT2D eigenvalue weighted by Gasteiger charge is 2.28. The summed E-state index contributed by atoms with van der Waals surface area (Å²) in [4.78, 5) is 28.0. The molecule has 0 bridgehead atoms. The number of benzene rings is 2. The van der Waals surface area contributed by atoms with Crippen LogP contribution in [0, 0.1) is 0 Å². The van der Waals surface area contributed by atoms with Gasteiger partial charge in [-0.2, -0.15) is 0 Å². The summed E-state index contributed by atoms with van der Waals surface area (Å²) in [6.45, 7) is 2.19. The second-order valence-corrected chi connectivity index (χ2v) is 11.8. The van der Waals surface area contributed by atoms with Crippen molar-refractivity contribution >= 4 is 39.1 Å². The zero-order chi connectivity index (χ0) is 26.1. The van der Waals surface area contributed by atoms with Gasteiger partial charge in [0.25, 0.3) is 0 Å². The van der Waals surface area contributed by atoms with Crippen LogP contribution in [0.1, 0.15) is 57.4 Å². The third-order valence-electron chi connectivity index (χ3n) is 6.58. The van der Waals surface area contributed by atoms with Crippen LogP contribution in [0.25, 0.3) is 0 Å². The van der Waals surface area contributed by atoms with Gasteiger partial charge in [-0.05, 0) is 56.0 Å². The summed E-state index contributed by atoms with van der Waals surface area (Å²) in [5.41, 5.74) is 1.43. The Kier molecular flexibility index (Phi) is 10.2. The number of halogens is 1. The van der Waals surface area contributed by atoms with Gasteiger partial charge in [0.05, 0.1) is 11.9 Å². The standard InChI is InChI=1S/C27H36ClN3O4S/c1-21(27(33)29-24-10-5-3-6-11-24)30(20-22-15-17-23(28)18-16-22)26(32)14-9-19-31(36(2,34)35)25-12-7-4-8-13-25/h4,7-8,12-13,15-18,21,24H,3,5-6,9-11,14,19-20H2,1-2H3,(H,29,33)/t21-/m1/s1. The summed E-state index contributed by atoms with van der Waals surface area (Å²) < 4.78 is 26.0. The molecule has 1 saturated carbocycles. The largest absolute Gasteiger partial charge is 0.352 e. The van der Waals surface area contributed by atoms with Gasteiger partial charge in [-0.1, -0.05) is 61.2 Å². The Morgan fingerprint density at radius 3 is 2.28 bits per heavy atom. The number of carbonyl (C=O) groups excluding carboxylic acids is 2. The van der Waals surface area contributed by atoms with Crippen molar-refractivity contribution in [3.8, 4) is 0 Å². The first-order valence-electron chi connectivity index (χ1n) is 12.5. The van der Waals surface area contributed by atoms with Crippen molar-refractivity contribution in [2.75, 3.05) is 17.1 Å². The third kappa shape index (κ3) is 8.23. The minimum atomic E-state index is -3.50. The van der Waals surface area contributed by atoms with E-state index in [1.807, 2.05) is 18.2 Å². The molecule has 2 amide bonds. The van der Waals surface area contributed by atoms with Crippen molar-refractivity contribution < 1.29 is 18.0 Å². The van der Waals surface area contributed by atoms with E-state index in [0.717, 1.165) is 37.5 Å². The third-order valence-corrected chi connectivity index (χ3v) is 8.03. The predicted molar refractivity (Wildman–Crippen MR) is 144 cm³/mol. The van der Waals surface area contributed by atoms with Crippen LogP contribution >= 0.6 is 11.6 Å². The number of nitrogens with zero attached hydrogens (tertiary/aromatic N) is 2. The van der Waals surface area contributed by atoms with E-state index in [0.29, 0.717) is 17.1 Å². The highest BCUT2D eigenvalue weighted by molar-refractivity contribution is 7.92. The van der Waals surface area contributed by atoms with Crippen LogP contribution in [0.4, 0.5) is 5.69 Å². The van der Waals surface area contributed by atoms with Gasteiger partial charge in [0.2, 0.25) is 21.8 Å². The lowest BCUT2D eigenvalue weighted by atomic mass is 9.95. The maximum Gasteiger partial charge on any atom is 0.242 e. The summed E-state index contributed by atoms with van der Waals surface area (Å²) in [5, 5.41) is 3.72. The summed E-state index contributed by atoms with van der Waals surface area (Å²) in [6.07, 6.45) is 6.93. The molecular weight excluding hydrogens is 498 g/mol. The maximum absolute atomic E-state index is 13.4. The molecule has 0 aliphatic heterocycles. The van der Waals surface area contributed by atoms with Gasteiger partial charge in [-0.3, -0.25) is 13.9 Å². The van der Waals surface area contributed by atoms with Crippen LogP contribution in [0.3, 0.4) is 0 Å². The zero-order valence-electron chi connectivity index (χ0n) is 21.0. The SMILES string of the molecule is C[C@H](C(=O)NC1CCCCC1)N(Cc1ccc(Cl)cc1)C(=O)CCCN(c1ccccc1)S(C)(=O)=O. The van der Waals surface area contributed by atoms with Crippen LogP contribution in [0.5, 0.6) is 0 Å². The van der Waals surface area contributed by atoms with Gasteiger partial charge < -0.3 is 10.2 Å². The second-order valence-electron chi connectivity index (χ2n) is 9.44. The van der Waals surface area contributed by atoms with Crippen molar-refractivity contribution in [3.05, 3.63) is 65.2 Å². The number of para-hydroxylation sites is 1. The highest BCUT2D eigenvalue weighted by Crippen LogP contribution is 2.20. The Hall–Kier alpha value is -2.58. The van der Waals surface area contributed by atoms with E-state index in [2.05, 4.69) is 5.32 Å². The lowest BCUT2D eigenvalue weighted by Gasteiger charge is -2.31. The minimum absolute atomic E-state index is 0.119. The number of hydrogen-bond acceptors (Lipinski definition) is 4. The average Bonchev–Trinajstić information content (AvgIpc) is 2.86. The van der Waals surface area contributed by atoms with Gasteiger partial charge in [0.1, 0.15) is 6.04 Å². The topological polar surface area (TPSA) is 86.8 Å². The first-order valence-corrected chi connectivity index (χ1v) is 14.7. The zero-order valence-corrected chi connectivity index (χ0v) is 22.6. The molecule has 3 rings (SSSR count). The van der Waals surface area contributed by atoms with Crippen LogP contribution < -0.4 is 9.62 Å². The highest BCUT2D eigenvalue weighted by atomic mass is 35.5. The molecule has 1 aliphatic rings. The maximum atomic E-state index is 13.4. The molecule has 2 aromatic carbocycles. The average molecular weight is 534 g/mol. The fraction of sp³-hybridized carbons (Fsp3) is 0.481. The molecule has 1 fully saturated rings. The number of sulfonamides is 1. The van der Waals surface area contributed by atoms with E-state index >= 15 is 0 Å². The van der Waals surface area contributed by atoms with Crippen LogP contribution in [0.15, 0.2) is 54.6 Å². The number of carbonyl (C=O) groups is 2. The van der Waals surface area contributed by atoms with E-state index in [9.17, 15) is 18.0 Å². The molecule has 0 unspecified atom stereocenters. The van der Waals surface area contributed by atoms with Crippen LogP contribution in [-0.2, 0) is 26.2 Å². The van der Waals surface area contributed by atoms with Gasteiger partial charge in [-0.25, -0.2) is 8.42 Å². The normalized spacial score (nSPS) is 15.2. The molecule has 0 radical (unpaired) electrons. The molecule has 0 aromatic heterocycles. The van der Waals surface area contributed by atoms with Gasteiger partial charge >= 0.3 is 0 Å². The minimum Gasteiger partial charge on any atom is -0.352 e. The van der Waals surface area contributed by atoms with E-state index < -0.39 is 16.1 Å².